The summed E-state index contributed by atoms with van der Waals surface area (Å²) >= 11 is 0. The molecule has 0 aromatic carbocycles. The average molecular weight is 418 g/mol. The van der Waals surface area contributed by atoms with E-state index in [1.807, 2.05) is 13.8 Å². The zero-order valence-electron chi connectivity index (χ0n) is 17.4. The van der Waals surface area contributed by atoms with Crippen LogP contribution in [-0.2, 0) is 23.9 Å². The number of alkyl halides is 1. The maximum atomic E-state index is 15.3. The maximum absolute atomic E-state index is 15.3. The quantitative estimate of drug-likeness (QED) is 0.558. The van der Waals surface area contributed by atoms with Gasteiger partial charge in [-0.15, -0.1) is 0 Å². The second-order valence-corrected chi connectivity index (χ2v) is 10.1. The molecule has 3 saturated carbocycles. The Kier molecular flexibility index (Phi) is 3.94. The lowest BCUT2D eigenvalue weighted by Crippen LogP contribution is -2.62. The number of halogens is 1. The summed E-state index contributed by atoms with van der Waals surface area (Å²) in [6.07, 6.45) is 4.73. The minimum Gasteiger partial charge on any atom is -0.458 e. The Morgan fingerprint density at radius 3 is 2.77 bits per heavy atom. The molecule has 0 aromatic heterocycles. The van der Waals surface area contributed by atoms with Gasteiger partial charge in [-0.3, -0.25) is 14.4 Å². The van der Waals surface area contributed by atoms with Crippen LogP contribution < -0.4 is 0 Å². The molecule has 162 valence electrons. The number of hydrogen-bond acceptors (Lipinski definition) is 6. The molecule has 0 bridgehead atoms. The Bertz CT molecular complexity index is 925. The fourth-order valence-corrected chi connectivity index (χ4v) is 7.39. The van der Waals surface area contributed by atoms with Crippen molar-refractivity contribution < 1.29 is 33.4 Å². The minimum absolute atomic E-state index is 0.106. The van der Waals surface area contributed by atoms with E-state index < -0.39 is 46.6 Å². The Morgan fingerprint density at radius 1 is 1.33 bits per heavy atom. The van der Waals surface area contributed by atoms with E-state index in [1.165, 1.54) is 19.1 Å². The molecule has 4 fully saturated rings. The van der Waals surface area contributed by atoms with Gasteiger partial charge in [0.05, 0.1) is 6.10 Å². The molecule has 0 aromatic rings. The SMILES string of the molecule is CC(=O)OCC(=O)[C@@]1(O)CC[C@H]2[C@@H]3CC(F)C4=CC(=O)C=C[C@]4(C)[C@]34OC4C[C@@]21C. The number of ketones is 2. The molecular formula is C23H27FO6. The summed E-state index contributed by atoms with van der Waals surface area (Å²) < 4.78 is 26.5. The number of ether oxygens (including phenoxy) is 2. The first kappa shape index (κ1) is 20.1. The van der Waals surface area contributed by atoms with Crippen LogP contribution in [0.5, 0.6) is 0 Å². The molecule has 5 aliphatic rings. The standard InChI is InChI=1S/C23H27FO6/c1-12(25)29-11-18(27)22(28)7-5-14-15-9-17(24)16-8-13(26)4-6-20(16,2)23(15)19(30-23)10-21(14,22)3/h4,6,8,14-15,17,19,28H,5,7,9-11H2,1-3H3/t14-,15-,17?,19?,20-,21-,22-,23-/m0/s1. The van der Waals surface area contributed by atoms with Gasteiger partial charge in [0.2, 0.25) is 5.78 Å². The largest absolute Gasteiger partial charge is 0.458 e. The van der Waals surface area contributed by atoms with Crippen LogP contribution in [0.25, 0.3) is 0 Å². The molecule has 8 atom stereocenters. The predicted octanol–water partition coefficient (Wildman–Crippen LogP) is 2.24. The van der Waals surface area contributed by atoms with Crippen LogP contribution in [0.2, 0.25) is 0 Å². The van der Waals surface area contributed by atoms with E-state index in [1.54, 1.807) is 6.08 Å². The second kappa shape index (κ2) is 5.88. The number of allylic oxidation sites excluding steroid dienone is 2. The number of epoxide rings is 1. The van der Waals surface area contributed by atoms with E-state index >= 15 is 4.39 Å². The minimum atomic E-state index is -1.63. The van der Waals surface area contributed by atoms with Crippen molar-refractivity contribution in [2.45, 2.75) is 69.9 Å². The molecule has 1 N–H and O–H groups in total. The van der Waals surface area contributed by atoms with Gasteiger partial charge >= 0.3 is 5.97 Å². The number of esters is 1. The zero-order chi connectivity index (χ0) is 21.7. The highest BCUT2D eigenvalue weighted by molar-refractivity contribution is 6.01. The highest BCUT2D eigenvalue weighted by atomic mass is 19.1. The van der Waals surface area contributed by atoms with Gasteiger partial charge in [-0.1, -0.05) is 13.0 Å². The van der Waals surface area contributed by atoms with Gasteiger partial charge < -0.3 is 14.6 Å². The molecule has 1 heterocycles. The number of fused-ring (bicyclic) bond motifs is 3. The summed E-state index contributed by atoms with van der Waals surface area (Å²) in [5.74, 6) is -1.56. The molecule has 30 heavy (non-hydrogen) atoms. The van der Waals surface area contributed by atoms with Gasteiger partial charge in [0.15, 0.2) is 12.4 Å². The molecule has 1 spiro atoms. The van der Waals surface area contributed by atoms with Crippen molar-refractivity contribution in [1.82, 2.24) is 0 Å². The van der Waals surface area contributed by atoms with E-state index in [9.17, 15) is 19.5 Å². The molecule has 2 unspecified atom stereocenters. The third-order valence-electron chi connectivity index (χ3n) is 8.94. The number of hydrogen-bond donors (Lipinski definition) is 1. The molecule has 7 heteroatoms. The van der Waals surface area contributed by atoms with Gasteiger partial charge in [-0.05, 0) is 62.2 Å². The molecule has 1 aliphatic heterocycles. The van der Waals surface area contributed by atoms with Crippen LogP contribution in [0, 0.1) is 22.7 Å². The van der Waals surface area contributed by atoms with E-state index in [0.717, 1.165) is 0 Å². The van der Waals surface area contributed by atoms with Gasteiger partial charge in [0.1, 0.15) is 17.4 Å². The first-order chi connectivity index (χ1) is 14.0. The Morgan fingerprint density at radius 2 is 2.07 bits per heavy atom. The summed E-state index contributed by atoms with van der Waals surface area (Å²) in [4.78, 5) is 36.0. The first-order valence-electron chi connectivity index (χ1n) is 10.7. The third kappa shape index (κ3) is 2.18. The third-order valence-corrected chi connectivity index (χ3v) is 8.94. The summed E-state index contributed by atoms with van der Waals surface area (Å²) in [7, 11) is 0. The van der Waals surface area contributed by atoms with Crippen LogP contribution >= 0.6 is 0 Å². The molecule has 4 aliphatic carbocycles. The fourth-order valence-electron chi connectivity index (χ4n) is 7.39. The van der Waals surface area contributed by atoms with Crippen molar-refractivity contribution in [3.05, 3.63) is 23.8 Å². The van der Waals surface area contributed by atoms with Crippen molar-refractivity contribution in [2.75, 3.05) is 6.61 Å². The zero-order valence-corrected chi connectivity index (χ0v) is 17.4. The van der Waals surface area contributed by atoms with Crippen molar-refractivity contribution in [3.63, 3.8) is 0 Å². The lowest BCUT2D eigenvalue weighted by atomic mass is 9.46. The Hall–Kier alpha value is -1.86. The maximum Gasteiger partial charge on any atom is 0.303 e. The van der Waals surface area contributed by atoms with Crippen LogP contribution in [0.1, 0.15) is 46.5 Å². The highest BCUT2D eigenvalue weighted by Gasteiger charge is 2.82. The summed E-state index contributed by atoms with van der Waals surface area (Å²) in [6.45, 7) is 4.59. The second-order valence-electron chi connectivity index (χ2n) is 10.1. The monoisotopic (exact) mass is 418 g/mol. The van der Waals surface area contributed by atoms with Crippen molar-refractivity contribution >= 4 is 17.5 Å². The van der Waals surface area contributed by atoms with Crippen molar-refractivity contribution in [3.8, 4) is 0 Å². The number of carbonyl (C=O) groups excluding carboxylic acids is 3. The smallest absolute Gasteiger partial charge is 0.303 e. The summed E-state index contributed by atoms with van der Waals surface area (Å²) in [6, 6.07) is 0. The van der Waals surface area contributed by atoms with E-state index in [4.69, 9.17) is 9.47 Å². The molecule has 0 amide bonds. The first-order valence-corrected chi connectivity index (χ1v) is 10.7. The fraction of sp³-hybridized carbons (Fsp3) is 0.696. The number of aliphatic hydroxyl groups is 1. The van der Waals surface area contributed by atoms with E-state index in [-0.39, 0.29) is 36.6 Å². The molecule has 0 radical (unpaired) electrons. The number of Topliss-reactive ketones (excluding diaryl/α,β-unsaturated/α-hetero) is 1. The van der Waals surface area contributed by atoms with Crippen LogP contribution in [0.3, 0.4) is 0 Å². The van der Waals surface area contributed by atoms with Gasteiger partial charge in [0.25, 0.3) is 0 Å². The van der Waals surface area contributed by atoms with E-state index in [2.05, 4.69) is 0 Å². The molecule has 1 saturated heterocycles. The molecule has 6 nitrogen and oxygen atoms in total. The van der Waals surface area contributed by atoms with Gasteiger partial charge in [0, 0.05) is 17.8 Å². The summed E-state index contributed by atoms with van der Waals surface area (Å²) in [5, 5.41) is 11.5. The van der Waals surface area contributed by atoms with Crippen molar-refractivity contribution in [2.24, 2.45) is 22.7 Å². The topological polar surface area (TPSA) is 93.2 Å². The average Bonchev–Trinajstić information content (AvgIpc) is 3.34. The predicted molar refractivity (Wildman–Crippen MR) is 103 cm³/mol. The Balaban J connectivity index is 1.52. The Labute approximate surface area is 174 Å². The molecule has 5 rings (SSSR count). The lowest BCUT2D eigenvalue weighted by Gasteiger charge is -2.56. The highest BCUT2D eigenvalue weighted by Crippen LogP contribution is 2.76. The molecular weight excluding hydrogens is 391 g/mol. The van der Waals surface area contributed by atoms with Crippen LogP contribution in [0.4, 0.5) is 4.39 Å². The summed E-state index contributed by atoms with van der Waals surface area (Å²) in [5.41, 5.74) is -3.25. The normalized spacial score (nSPS) is 50.6. The van der Waals surface area contributed by atoms with E-state index in [0.29, 0.717) is 18.4 Å². The van der Waals surface area contributed by atoms with Gasteiger partial charge in [-0.25, -0.2) is 4.39 Å². The number of rotatable bonds is 3. The number of carbonyl (C=O) groups is 3. The van der Waals surface area contributed by atoms with Gasteiger partial charge in [-0.2, -0.15) is 0 Å². The van der Waals surface area contributed by atoms with Crippen molar-refractivity contribution in [1.29, 1.82) is 0 Å². The van der Waals surface area contributed by atoms with Crippen LogP contribution in [0.15, 0.2) is 23.8 Å². The lowest BCUT2D eigenvalue weighted by molar-refractivity contribution is -0.166. The van der Waals surface area contributed by atoms with Crippen LogP contribution in [-0.4, -0.2) is 52.7 Å².